The summed E-state index contributed by atoms with van der Waals surface area (Å²) in [6.07, 6.45) is 0. The monoisotopic (exact) mass is 447 g/mol. The molecule has 0 radical (unpaired) electrons. The van der Waals surface area contributed by atoms with Crippen LogP contribution in [0.25, 0.3) is 0 Å². The summed E-state index contributed by atoms with van der Waals surface area (Å²) in [5.41, 5.74) is 0. The van der Waals surface area contributed by atoms with Crippen molar-refractivity contribution < 1.29 is 219 Å². The van der Waals surface area contributed by atoms with Gasteiger partial charge in [0.2, 0.25) is 0 Å². The van der Waals surface area contributed by atoms with E-state index in [1.165, 1.54) is 0 Å². The molecule has 0 rings (SSSR count). The minimum atomic E-state index is -5.17. The molecule has 18 nitrogen and oxygen atoms in total. The Morgan fingerprint density at radius 1 is 0.609 bits per heavy atom. The Morgan fingerprint density at radius 2 is 0.609 bits per heavy atom. The van der Waals surface area contributed by atoms with Crippen molar-refractivity contribution in [3.05, 3.63) is 15.3 Å². The predicted molar refractivity (Wildman–Crippen MR) is 58.1 cm³/mol. The van der Waals surface area contributed by atoms with Crippen molar-refractivity contribution in [2.24, 2.45) is 0 Å². The number of hydrogen-bond donors (Lipinski definition) is 0. The number of hydrogen-bond acceptors (Lipinski definition) is 7. The van der Waals surface area contributed by atoms with E-state index in [9.17, 15) is 0 Å². The van der Waals surface area contributed by atoms with Crippen LogP contribution in [0, 0.1) is 15.3 Å². The van der Waals surface area contributed by atoms with Crippen molar-refractivity contribution in [1.82, 2.24) is 0 Å². The second-order valence-electron chi connectivity index (χ2n) is 0.632. The van der Waals surface area contributed by atoms with Crippen molar-refractivity contribution in [3.63, 3.8) is 0 Å². The van der Waals surface area contributed by atoms with Crippen LogP contribution < -0.4 is 140 Å². The minimum Gasteiger partial charge on any atom is -1.00 e. The van der Waals surface area contributed by atoms with Crippen LogP contribution in [-0.2, 0) is 10.4 Å². The Kier molecular flexibility index (Phi) is 681. The van der Waals surface area contributed by atoms with Crippen molar-refractivity contribution in [2.45, 2.75) is 0 Å². The van der Waals surface area contributed by atoms with E-state index in [1.54, 1.807) is 0 Å². The van der Waals surface area contributed by atoms with E-state index in [4.69, 9.17) is 32.8 Å². The second kappa shape index (κ2) is 98.7. The average molecular weight is 447 g/mol. The Bertz CT molecular complexity index is 178. The summed E-state index contributed by atoms with van der Waals surface area (Å²) >= 11 is 0. The van der Waals surface area contributed by atoms with Gasteiger partial charge in [-0.2, -0.15) is 0 Å². The molecule has 0 bridgehead atoms. The molecule has 23 heavy (non-hydrogen) atoms. The van der Waals surface area contributed by atoms with Crippen molar-refractivity contribution in [1.29, 1.82) is 0 Å². The summed E-state index contributed by atoms with van der Waals surface area (Å²) in [7, 11) is -5.17. The normalized spacial score (nSPS) is 3.57. The van der Waals surface area contributed by atoms with E-state index in [0.29, 0.717) is 0 Å². The topological polar surface area (TPSA) is 461 Å². The molecule has 0 saturated heterocycles. The Morgan fingerprint density at radius 3 is 0.609 bits per heavy atom. The summed E-state index contributed by atoms with van der Waals surface area (Å²) in [5.74, 6) is 0. The Labute approximate surface area is 240 Å². The maximum atomic E-state index is 8.52. The van der Waals surface area contributed by atoms with Gasteiger partial charge >= 0.3 is 140 Å². The van der Waals surface area contributed by atoms with Crippen molar-refractivity contribution >= 4 is 10.4 Å². The molecule has 0 unspecified atom stereocenters. The standard InChI is InChI=1S/K.NO3.3Na.H2O4S.10H2O.H/c;2-1(3)4;;;;1-5(2,3)4;;;;;;;;;;;/h;;;;;(H2,1,2,3,4);10*1H2;/q+1;-1;3*+1;;;;;;;;;;;;-1/p-2. The maximum Gasteiger partial charge on any atom is 1.00 e. The zero-order chi connectivity index (χ0) is 8.08. The molecule has 20 N–H and O–H groups in total. The molecule has 0 aromatic heterocycles. The van der Waals surface area contributed by atoms with Crippen LogP contribution in [0.4, 0.5) is 0 Å². The molecule has 0 saturated carbocycles. The molecule has 0 aromatic rings. The first-order valence-electron chi connectivity index (χ1n) is 1.21. The van der Waals surface area contributed by atoms with Gasteiger partial charge in [-0.1, -0.05) is 0 Å². The number of nitrogens with zero attached hydrogens (tertiary/aromatic N) is 1. The van der Waals surface area contributed by atoms with Crippen LogP contribution >= 0.6 is 0 Å². The van der Waals surface area contributed by atoms with Gasteiger partial charge in [0.15, 0.2) is 0 Å². The molecular formula is H21KNNa3O17S. The first-order valence-corrected chi connectivity index (χ1v) is 2.55. The first kappa shape index (κ1) is 159. The van der Waals surface area contributed by atoms with Gasteiger partial charge in [0.1, 0.15) is 0 Å². The van der Waals surface area contributed by atoms with Gasteiger partial charge in [0, 0.05) is 10.4 Å². The minimum absolute atomic E-state index is 0. The molecule has 0 spiro atoms. The maximum absolute atomic E-state index is 8.52. The molecule has 0 aliphatic carbocycles. The van der Waals surface area contributed by atoms with Gasteiger partial charge in [-0.25, -0.2) is 0 Å². The molecule has 0 aromatic carbocycles. The van der Waals surface area contributed by atoms with E-state index < -0.39 is 15.5 Å². The average Bonchev–Trinajstić information content (AvgIpc) is 1.19. The molecule has 0 heterocycles. The molecule has 0 aliphatic rings. The largest absolute Gasteiger partial charge is 1.00 e. The zero-order valence-corrected chi connectivity index (χ0v) is 22.7. The zero-order valence-electron chi connectivity index (χ0n) is 13.7. The van der Waals surface area contributed by atoms with E-state index in [1.807, 2.05) is 0 Å². The fourth-order valence-electron chi connectivity index (χ4n) is 0. The third kappa shape index (κ3) is 1260. The third-order valence-electron chi connectivity index (χ3n) is 0. The second-order valence-corrected chi connectivity index (χ2v) is 1.45. The van der Waals surface area contributed by atoms with E-state index in [2.05, 4.69) is 0 Å². The quantitative estimate of drug-likeness (QED) is 0.113. The molecule has 0 aliphatic heterocycles. The summed E-state index contributed by atoms with van der Waals surface area (Å²) in [6, 6.07) is 0. The first-order chi connectivity index (χ1) is 3.73. The van der Waals surface area contributed by atoms with Crippen molar-refractivity contribution in [3.8, 4) is 0 Å². The van der Waals surface area contributed by atoms with Crippen LogP contribution in [0.15, 0.2) is 0 Å². The molecule has 0 atom stereocenters. The van der Waals surface area contributed by atoms with Crippen LogP contribution in [-0.4, -0.2) is 77.4 Å². The molecule has 0 fully saturated rings. The SMILES string of the molecule is O.O.O.O.O.O.O.O.O.O.O=S(=O)([O-])[O-].O=[N+]([O-])[O-].[H-].[K+].[Na+].[Na+].[Na+]. The van der Waals surface area contributed by atoms with Crippen molar-refractivity contribution in [2.75, 3.05) is 0 Å². The van der Waals surface area contributed by atoms with Gasteiger partial charge in [-0.15, -0.1) is 0 Å². The fourth-order valence-corrected chi connectivity index (χ4v) is 0. The fraction of sp³-hybridized carbons (Fsp3) is 0. The van der Waals surface area contributed by atoms with Crippen LogP contribution in [0.2, 0.25) is 0 Å². The number of rotatable bonds is 0. The van der Waals surface area contributed by atoms with Gasteiger partial charge in [0.05, 0.1) is 5.09 Å². The van der Waals surface area contributed by atoms with Gasteiger partial charge in [-0.05, 0) is 0 Å². The van der Waals surface area contributed by atoms with Gasteiger partial charge < -0.3 is 80.6 Å². The molecule has 0 amide bonds. The van der Waals surface area contributed by atoms with Gasteiger partial charge in [-0.3, -0.25) is 8.42 Å². The molecular weight excluding hydrogens is 426 g/mol. The summed E-state index contributed by atoms with van der Waals surface area (Å²) in [5, 5.41) is 14.8. The van der Waals surface area contributed by atoms with E-state index in [-0.39, 0.29) is 196 Å². The van der Waals surface area contributed by atoms with Crippen LogP contribution in [0.1, 0.15) is 1.43 Å². The summed E-state index contributed by atoms with van der Waals surface area (Å²) < 4.78 is 34.1. The molecule has 23 heteroatoms. The Hall–Kier alpha value is 3.31. The van der Waals surface area contributed by atoms with Crippen LogP contribution in [0.5, 0.6) is 0 Å². The molecule has 138 valence electrons. The predicted octanol–water partition coefficient (Wildman–Crippen LogP) is -21.7. The summed E-state index contributed by atoms with van der Waals surface area (Å²) in [4.78, 5) is 8.25. The van der Waals surface area contributed by atoms with E-state index >= 15 is 0 Å². The van der Waals surface area contributed by atoms with Gasteiger partial charge in [0.25, 0.3) is 0 Å². The Balaban J connectivity index is -0.00000000168. The third-order valence-corrected chi connectivity index (χ3v) is 0. The summed E-state index contributed by atoms with van der Waals surface area (Å²) in [6.45, 7) is 0. The van der Waals surface area contributed by atoms with Crippen LogP contribution in [0.3, 0.4) is 0 Å². The van der Waals surface area contributed by atoms with E-state index in [0.717, 1.165) is 0 Å². The smallest absolute Gasteiger partial charge is 1.00 e.